The summed E-state index contributed by atoms with van der Waals surface area (Å²) in [4.78, 5) is 18.1. The minimum Gasteiger partial charge on any atom is -0.298 e. The first-order valence-corrected chi connectivity index (χ1v) is 9.16. The van der Waals surface area contributed by atoms with Gasteiger partial charge in [0.15, 0.2) is 5.13 Å². The van der Waals surface area contributed by atoms with Crippen LogP contribution in [0.15, 0.2) is 46.9 Å². The van der Waals surface area contributed by atoms with E-state index in [1.807, 2.05) is 57.2 Å². The summed E-state index contributed by atoms with van der Waals surface area (Å²) in [6.07, 6.45) is 0. The average Bonchev–Trinajstić information content (AvgIpc) is 2.87. The van der Waals surface area contributed by atoms with Crippen LogP contribution in [0.25, 0.3) is 11.3 Å². The molecule has 122 valence electrons. The molecule has 5 heteroatoms. The van der Waals surface area contributed by atoms with Crippen molar-refractivity contribution >= 4 is 38.3 Å². The van der Waals surface area contributed by atoms with E-state index in [9.17, 15) is 4.79 Å². The van der Waals surface area contributed by atoms with Crippen molar-refractivity contribution in [3.8, 4) is 11.3 Å². The van der Waals surface area contributed by atoms with Crippen molar-refractivity contribution in [1.29, 1.82) is 0 Å². The summed E-state index contributed by atoms with van der Waals surface area (Å²) in [5.41, 5.74) is 4.75. The summed E-state index contributed by atoms with van der Waals surface area (Å²) in [5.74, 6) is -0.127. The van der Waals surface area contributed by atoms with Crippen LogP contribution >= 0.6 is 27.3 Å². The van der Waals surface area contributed by atoms with Gasteiger partial charge in [0.25, 0.3) is 5.91 Å². The third kappa shape index (κ3) is 3.74. The molecule has 1 N–H and O–H groups in total. The monoisotopic (exact) mass is 400 g/mol. The number of amides is 1. The Morgan fingerprint density at radius 2 is 1.67 bits per heavy atom. The molecule has 3 rings (SSSR count). The molecule has 2 aromatic carbocycles. The Morgan fingerprint density at radius 1 is 1.04 bits per heavy atom. The number of hydrogen-bond donors (Lipinski definition) is 1. The first-order chi connectivity index (χ1) is 11.4. The van der Waals surface area contributed by atoms with Gasteiger partial charge < -0.3 is 0 Å². The van der Waals surface area contributed by atoms with Gasteiger partial charge in [-0.1, -0.05) is 45.3 Å². The van der Waals surface area contributed by atoms with Crippen LogP contribution in [-0.2, 0) is 0 Å². The number of halogens is 1. The number of aromatic nitrogens is 1. The molecule has 1 heterocycles. The molecule has 1 aromatic heterocycles. The second kappa shape index (κ2) is 6.87. The zero-order chi connectivity index (χ0) is 17.3. The second-order valence-electron chi connectivity index (χ2n) is 5.76. The number of rotatable bonds is 3. The van der Waals surface area contributed by atoms with Crippen molar-refractivity contribution in [2.45, 2.75) is 20.8 Å². The number of carbonyl (C=O) groups is 1. The lowest BCUT2D eigenvalue weighted by molar-refractivity contribution is 0.102. The molecule has 0 unspecified atom stereocenters. The Balaban J connectivity index is 1.84. The van der Waals surface area contributed by atoms with Gasteiger partial charge in [-0.3, -0.25) is 10.1 Å². The summed E-state index contributed by atoms with van der Waals surface area (Å²) >= 11 is 4.93. The van der Waals surface area contributed by atoms with E-state index in [-0.39, 0.29) is 5.91 Å². The van der Waals surface area contributed by atoms with Crippen molar-refractivity contribution in [3.63, 3.8) is 0 Å². The maximum atomic E-state index is 12.5. The Hall–Kier alpha value is -1.98. The molecule has 3 aromatic rings. The van der Waals surface area contributed by atoms with Crippen LogP contribution in [0.3, 0.4) is 0 Å². The van der Waals surface area contributed by atoms with E-state index < -0.39 is 0 Å². The molecule has 3 nitrogen and oxygen atoms in total. The van der Waals surface area contributed by atoms with Gasteiger partial charge in [-0.05, 0) is 45.0 Å². The highest BCUT2D eigenvalue weighted by Crippen LogP contribution is 2.31. The molecule has 0 spiro atoms. The van der Waals surface area contributed by atoms with Crippen LogP contribution in [0.4, 0.5) is 5.13 Å². The van der Waals surface area contributed by atoms with Crippen molar-refractivity contribution < 1.29 is 4.79 Å². The molecule has 0 fully saturated rings. The van der Waals surface area contributed by atoms with Gasteiger partial charge >= 0.3 is 0 Å². The zero-order valence-electron chi connectivity index (χ0n) is 13.7. The molecule has 0 radical (unpaired) electrons. The van der Waals surface area contributed by atoms with Crippen molar-refractivity contribution in [3.05, 3.63) is 68.5 Å². The maximum absolute atomic E-state index is 12.5. The van der Waals surface area contributed by atoms with E-state index in [2.05, 4.69) is 32.3 Å². The summed E-state index contributed by atoms with van der Waals surface area (Å²) in [5, 5.41) is 3.53. The Labute approximate surface area is 153 Å². The Morgan fingerprint density at radius 3 is 2.29 bits per heavy atom. The first kappa shape index (κ1) is 16.9. The van der Waals surface area contributed by atoms with Gasteiger partial charge in [-0.2, -0.15) is 0 Å². The van der Waals surface area contributed by atoms with Gasteiger partial charge in [0, 0.05) is 20.5 Å². The molecule has 0 saturated carbocycles. The standard InChI is InChI=1S/C19H17BrN2OS/c1-11-8-12(2)10-15(9-11)18(23)22-19-21-17(13(3)24-19)14-4-6-16(20)7-5-14/h4-10H,1-3H3,(H,21,22,23). The van der Waals surface area contributed by atoms with Crippen LogP contribution in [0, 0.1) is 20.8 Å². The number of nitrogens with one attached hydrogen (secondary N) is 1. The molecule has 0 atom stereocenters. The van der Waals surface area contributed by atoms with Crippen LogP contribution < -0.4 is 5.32 Å². The Kier molecular flexibility index (Phi) is 4.83. The number of nitrogens with zero attached hydrogens (tertiary/aromatic N) is 1. The average molecular weight is 401 g/mol. The van der Waals surface area contributed by atoms with Crippen LogP contribution in [-0.4, -0.2) is 10.9 Å². The molecule has 0 aliphatic heterocycles. The highest BCUT2D eigenvalue weighted by atomic mass is 79.9. The van der Waals surface area contributed by atoms with Crippen molar-refractivity contribution in [2.75, 3.05) is 5.32 Å². The van der Waals surface area contributed by atoms with Gasteiger partial charge in [0.1, 0.15) is 0 Å². The van der Waals surface area contributed by atoms with E-state index in [1.165, 1.54) is 11.3 Å². The molecule has 0 saturated heterocycles. The second-order valence-corrected chi connectivity index (χ2v) is 7.88. The van der Waals surface area contributed by atoms with Crippen LogP contribution in [0.2, 0.25) is 0 Å². The third-order valence-electron chi connectivity index (χ3n) is 3.62. The maximum Gasteiger partial charge on any atom is 0.257 e. The molecule has 0 aliphatic carbocycles. The summed E-state index contributed by atoms with van der Waals surface area (Å²) in [6.45, 7) is 5.99. The first-order valence-electron chi connectivity index (χ1n) is 7.55. The predicted molar refractivity (Wildman–Crippen MR) is 104 cm³/mol. The molecular formula is C19H17BrN2OS. The highest BCUT2D eigenvalue weighted by molar-refractivity contribution is 9.10. The number of carbonyl (C=O) groups excluding carboxylic acids is 1. The highest BCUT2D eigenvalue weighted by Gasteiger charge is 2.13. The predicted octanol–water partition coefficient (Wildman–Crippen LogP) is 5.75. The molecule has 1 amide bonds. The molecule has 0 aliphatic rings. The fourth-order valence-electron chi connectivity index (χ4n) is 2.60. The largest absolute Gasteiger partial charge is 0.298 e. The van der Waals surface area contributed by atoms with Gasteiger partial charge in [-0.15, -0.1) is 11.3 Å². The number of benzene rings is 2. The SMILES string of the molecule is Cc1cc(C)cc(C(=O)Nc2nc(-c3ccc(Br)cc3)c(C)s2)c1. The fraction of sp³-hybridized carbons (Fsp3) is 0.158. The molecule has 24 heavy (non-hydrogen) atoms. The van der Waals surface area contributed by atoms with E-state index in [1.54, 1.807) is 0 Å². The summed E-state index contributed by atoms with van der Waals surface area (Å²) < 4.78 is 1.03. The zero-order valence-corrected chi connectivity index (χ0v) is 16.1. The normalized spacial score (nSPS) is 10.7. The van der Waals surface area contributed by atoms with E-state index in [0.29, 0.717) is 10.7 Å². The van der Waals surface area contributed by atoms with E-state index in [0.717, 1.165) is 31.7 Å². The lowest BCUT2D eigenvalue weighted by Gasteiger charge is -2.04. The minimum absolute atomic E-state index is 0.127. The van der Waals surface area contributed by atoms with Crippen LogP contribution in [0.5, 0.6) is 0 Å². The lowest BCUT2D eigenvalue weighted by Crippen LogP contribution is -2.12. The summed E-state index contributed by atoms with van der Waals surface area (Å²) in [6, 6.07) is 13.8. The fourth-order valence-corrected chi connectivity index (χ4v) is 3.70. The summed E-state index contributed by atoms with van der Waals surface area (Å²) in [7, 11) is 0. The minimum atomic E-state index is -0.127. The van der Waals surface area contributed by atoms with Gasteiger partial charge in [0.05, 0.1) is 5.69 Å². The van der Waals surface area contributed by atoms with Crippen LogP contribution in [0.1, 0.15) is 26.4 Å². The number of anilines is 1. The number of aryl methyl sites for hydroxylation is 3. The quantitative estimate of drug-likeness (QED) is 0.607. The number of hydrogen-bond acceptors (Lipinski definition) is 3. The van der Waals surface area contributed by atoms with E-state index in [4.69, 9.17) is 0 Å². The van der Waals surface area contributed by atoms with Gasteiger partial charge in [-0.25, -0.2) is 4.98 Å². The lowest BCUT2D eigenvalue weighted by atomic mass is 10.1. The van der Waals surface area contributed by atoms with E-state index >= 15 is 0 Å². The number of thiazole rings is 1. The van der Waals surface area contributed by atoms with Crippen molar-refractivity contribution in [1.82, 2.24) is 4.98 Å². The van der Waals surface area contributed by atoms with Crippen molar-refractivity contribution in [2.24, 2.45) is 0 Å². The Bertz CT molecular complexity index is 880. The molecule has 0 bridgehead atoms. The smallest absolute Gasteiger partial charge is 0.257 e. The molecular weight excluding hydrogens is 384 g/mol. The topological polar surface area (TPSA) is 42.0 Å². The third-order valence-corrected chi connectivity index (χ3v) is 5.03. The van der Waals surface area contributed by atoms with Gasteiger partial charge in [0.2, 0.25) is 0 Å².